The van der Waals surface area contributed by atoms with E-state index in [-0.39, 0.29) is 12.4 Å². The molecule has 0 aliphatic carbocycles. The standard InChI is InChI=1S/C15H20O7/c1-8-12(17)13(18)14(19)15(22-8)21-7-11(16)9-3-5-10(20-2)6-4-9/h3-6,8,12-15,17-19H,7H2,1-2H3/t8-,12+,13-,14-,15-/m0/s1. The lowest BCUT2D eigenvalue weighted by atomic mass is 10.00. The second-order valence-corrected chi connectivity index (χ2v) is 5.14. The number of carbonyl (C=O) groups excluding carboxylic acids is 1. The monoisotopic (exact) mass is 312 g/mol. The highest BCUT2D eigenvalue weighted by Crippen LogP contribution is 2.22. The van der Waals surface area contributed by atoms with Gasteiger partial charge in [-0.15, -0.1) is 0 Å². The van der Waals surface area contributed by atoms with Crippen molar-refractivity contribution in [2.45, 2.75) is 37.6 Å². The number of Topliss-reactive ketones (excluding diaryl/α,β-unsaturated/α-hetero) is 1. The fraction of sp³-hybridized carbons (Fsp3) is 0.533. The summed E-state index contributed by atoms with van der Waals surface area (Å²) in [5.74, 6) is 0.334. The summed E-state index contributed by atoms with van der Waals surface area (Å²) in [4.78, 5) is 12.0. The van der Waals surface area contributed by atoms with E-state index in [0.29, 0.717) is 11.3 Å². The molecule has 0 aromatic heterocycles. The summed E-state index contributed by atoms with van der Waals surface area (Å²) in [7, 11) is 1.53. The Morgan fingerprint density at radius 2 is 1.77 bits per heavy atom. The van der Waals surface area contributed by atoms with Crippen LogP contribution in [-0.2, 0) is 9.47 Å². The molecule has 0 spiro atoms. The van der Waals surface area contributed by atoms with Crippen LogP contribution in [0.25, 0.3) is 0 Å². The molecule has 1 aromatic carbocycles. The fourth-order valence-corrected chi connectivity index (χ4v) is 2.17. The van der Waals surface area contributed by atoms with Crippen molar-refractivity contribution in [1.82, 2.24) is 0 Å². The molecule has 1 fully saturated rings. The third kappa shape index (κ3) is 3.63. The number of ether oxygens (including phenoxy) is 3. The van der Waals surface area contributed by atoms with Crippen LogP contribution in [0, 0.1) is 0 Å². The second-order valence-electron chi connectivity index (χ2n) is 5.14. The van der Waals surface area contributed by atoms with Gasteiger partial charge in [0.05, 0.1) is 13.2 Å². The molecule has 1 aliphatic rings. The highest BCUT2D eigenvalue weighted by molar-refractivity contribution is 5.97. The number of benzene rings is 1. The third-order valence-electron chi connectivity index (χ3n) is 3.60. The quantitative estimate of drug-likeness (QED) is 0.642. The van der Waals surface area contributed by atoms with Crippen LogP contribution in [0.2, 0.25) is 0 Å². The van der Waals surface area contributed by atoms with Gasteiger partial charge in [-0.25, -0.2) is 0 Å². The summed E-state index contributed by atoms with van der Waals surface area (Å²) >= 11 is 0. The molecule has 1 aromatic rings. The molecule has 0 radical (unpaired) electrons. The van der Waals surface area contributed by atoms with Crippen LogP contribution in [-0.4, -0.2) is 65.5 Å². The molecule has 122 valence electrons. The summed E-state index contributed by atoms with van der Waals surface area (Å²) in [5.41, 5.74) is 0.430. The van der Waals surface area contributed by atoms with Gasteiger partial charge in [0.15, 0.2) is 12.1 Å². The summed E-state index contributed by atoms with van der Waals surface area (Å²) in [5, 5.41) is 29.0. The minimum atomic E-state index is -1.42. The maximum absolute atomic E-state index is 12.0. The van der Waals surface area contributed by atoms with Crippen LogP contribution in [0.1, 0.15) is 17.3 Å². The van der Waals surface area contributed by atoms with Crippen molar-refractivity contribution < 1.29 is 34.3 Å². The van der Waals surface area contributed by atoms with Crippen molar-refractivity contribution in [2.75, 3.05) is 13.7 Å². The van der Waals surface area contributed by atoms with Crippen molar-refractivity contribution in [1.29, 1.82) is 0 Å². The van der Waals surface area contributed by atoms with Crippen LogP contribution < -0.4 is 4.74 Å². The van der Waals surface area contributed by atoms with Crippen LogP contribution in [0.5, 0.6) is 5.75 Å². The van der Waals surface area contributed by atoms with E-state index in [9.17, 15) is 20.1 Å². The normalized spacial score (nSPS) is 31.8. The molecule has 7 heteroatoms. The van der Waals surface area contributed by atoms with E-state index in [2.05, 4.69) is 0 Å². The maximum Gasteiger partial charge on any atom is 0.188 e. The van der Waals surface area contributed by atoms with Gasteiger partial charge in [-0.1, -0.05) is 0 Å². The molecule has 0 bridgehead atoms. The average Bonchev–Trinajstić information content (AvgIpc) is 2.54. The van der Waals surface area contributed by atoms with Gasteiger partial charge < -0.3 is 29.5 Å². The first kappa shape index (κ1) is 16.9. The molecule has 1 saturated heterocycles. The molecule has 2 rings (SSSR count). The Kier molecular flexibility index (Phi) is 5.49. The Hall–Kier alpha value is -1.51. The first-order valence-corrected chi connectivity index (χ1v) is 6.92. The summed E-state index contributed by atoms with van der Waals surface area (Å²) < 4.78 is 15.5. The Balaban J connectivity index is 1.92. The highest BCUT2D eigenvalue weighted by Gasteiger charge is 2.42. The molecule has 5 atom stereocenters. The van der Waals surface area contributed by atoms with Gasteiger partial charge >= 0.3 is 0 Å². The fourth-order valence-electron chi connectivity index (χ4n) is 2.17. The predicted molar refractivity (Wildman–Crippen MR) is 75.6 cm³/mol. The summed E-state index contributed by atoms with van der Waals surface area (Å²) in [6, 6.07) is 6.51. The number of aliphatic hydroxyl groups excluding tert-OH is 3. The van der Waals surface area contributed by atoms with E-state index in [4.69, 9.17) is 14.2 Å². The van der Waals surface area contributed by atoms with Crippen LogP contribution in [0.15, 0.2) is 24.3 Å². The van der Waals surface area contributed by atoms with Crippen molar-refractivity contribution in [2.24, 2.45) is 0 Å². The van der Waals surface area contributed by atoms with Gasteiger partial charge in [0, 0.05) is 5.56 Å². The van der Waals surface area contributed by atoms with E-state index in [0.717, 1.165) is 0 Å². The molecule has 1 aliphatic heterocycles. The first-order chi connectivity index (χ1) is 10.4. The largest absolute Gasteiger partial charge is 0.497 e. The third-order valence-corrected chi connectivity index (χ3v) is 3.60. The molecular formula is C15H20O7. The smallest absolute Gasteiger partial charge is 0.188 e. The lowest BCUT2D eigenvalue weighted by Crippen LogP contribution is -2.57. The number of hydrogen-bond donors (Lipinski definition) is 3. The zero-order valence-electron chi connectivity index (χ0n) is 12.4. The highest BCUT2D eigenvalue weighted by atomic mass is 16.7. The summed E-state index contributed by atoms with van der Waals surface area (Å²) in [6.07, 6.45) is -5.89. The van der Waals surface area contributed by atoms with E-state index in [1.807, 2.05) is 0 Å². The van der Waals surface area contributed by atoms with Gasteiger partial charge in [-0.3, -0.25) is 4.79 Å². The number of methoxy groups -OCH3 is 1. The Labute approximate surface area is 128 Å². The second kappa shape index (κ2) is 7.17. The molecule has 0 unspecified atom stereocenters. The van der Waals surface area contributed by atoms with E-state index >= 15 is 0 Å². The van der Waals surface area contributed by atoms with Crippen molar-refractivity contribution >= 4 is 5.78 Å². The number of hydrogen-bond acceptors (Lipinski definition) is 7. The number of aliphatic hydroxyl groups is 3. The van der Waals surface area contributed by atoms with Crippen molar-refractivity contribution in [3.05, 3.63) is 29.8 Å². The van der Waals surface area contributed by atoms with Crippen LogP contribution in [0.3, 0.4) is 0 Å². The zero-order valence-corrected chi connectivity index (χ0v) is 12.4. The molecule has 0 amide bonds. The van der Waals surface area contributed by atoms with Crippen LogP contribution >= 0.6 is 0 Å². The SMILES string of the molecule is COc1ccc(C(=O)CO[C@H]2O[C@@H](C)[C@@H](O)[C@H](O)[C@@H]2O)cc1. The van der Waals surface area contributed by atoms with E-state index in [1.54, 1.807) is 31.2 Å². The maximum atomic E-state index is 12.0. The minimum Gasteiger partial charge on any atom is -0.497 e. The van der Waals surface area contributed by atoms with Crippen LogP contribution in [0.4, 0.5) is 0 Å². The topological polar surface area (TPSA) is 105 Å². The first-order valence-electron chi connectivity index (χ1n) is 6.92. The molecule has 3 N–H and O–H groups in total. The lowest BCUT2D eigenvalue weighted by molar-refractivity contribution is -0.289. The number of rotatable bonds is 5. The minimum absolute atomic E-state index is 0.299. The lowest BCUT2D eigenvalue weighted by Gasteiger charge is -2.38. The number of ketones is 1. The summed E-state index contributed by atoms with van der Waals surface area (Å²) in [6.45, 7) is 1.23. The molecule has 1 heterocycles. The van der Waals surface area contributed by atoms with E-state index in [1.165, 1.54) is 7.11 Å². The molecular weight excluding hydrogens is 292 g/mol. The van der Waals surface area contributed by atoms with Gasteiger partial charge in [-0.2, -0.15) is 0 Å². The van der Waals surface area contributed by atoms with E-state index < -0.39 is 30.7 Å². The molecule has 0 saturated carbocycles. The van der Waals surface area contributed by atoms with Gasteiger partial charge in [0.25, 0.3) is 0 Å². The Morgan fingerprint density at radius 3 is 2.36 bits per heavy atom. The number of carbonyl (C=O) groups is 1. The zero-order chi connectivity index (χ0) is 16.3. The van der Waals surface area contributed by atoms with Gasteiger partial charge in [0.2, 0.25) is 0 Å². The average molecular weight is 312 g/mol. The van der Waals surface area contributed by atoms with Gasteiger partial charge in [0.1, 0.15) is 30.7 Å². The Bertz CT molecular complexity index is 501. The molecule has 22 heavy (non-hydrogen) atoms. The predicted octanol–water partition coefficient (Wildman–Crippen LogP) is -0.278. The Morgan fingerprint density at radius 1 is 1.14 bits per heavy atom. The molecule has 7 nitrogen and oxygen atoms in total. The van der Waals surface area contributed by atoms with Crippen molar-refractivity contribution in [3.8, 4) is 5.75 Å². The van der Waals surface area contributed by atoms with Gasteiger partial charge in [-0.05, 0) is 31.2 Å². The van der Waals surface area contributed by atoms with Crippen molar-refractivity contribution in [3.63, 3.8) is 0 Å².